The lowest BCUT2D eigenvalue weighted by Crippen LogP contribution is -2.48. The van der Waals surface area contributed by atoms with Crippen molar-refractivity contribution < 1.29 is 9.66 Å². The van der Waals surface area contributed by atoms with Gasteiger partial charge in [0.2, 0.25) is 5.95 Å². The molecule has 2 heterocycles. The number of ether oxygens (including phenoxy) is 1. The molecule has 1 aromatic carbocycles. The van der Waals surface area contributed by atoms with Gasteiger partial charge in [-0.25, -0.2) is 9.97 Å². The van der Waals surface area contributed by atoms with Gasteiger partial charge in [0.1, 0.15) is 24.8 Å². The van der Waals surface area contributed by atoms with Crippen molar-refractivity contribution in [2.45, 2.75) is 0 Å². The summed E-state index contributed by atoms with van der Waals surface area (Å²) in [5.41, 5.74) is -0.0980. The Hall–Kier alpha value is -2.45. The van der Waals surface area contributed by atoms with Crippen LogP contribution < -0.4 is 9.64 Å². The second-order valence-corrected chi connectivity index (χ2v) is 6.01. The maximum atomic E-state index is 10.6. The Kier molecular flexibility index (Phi) is 5.62. The minimum absolute atomic E-state index is 0.0980. The van der Waals surface area contributed by atoms with E-state index >= 15 is 0 Å². The molecule has 2 aromatic rings. The Labute approximate surface area is 150 Å². The molecule has 9 heteroatoms. The second kappa shape index (κ2) is 8.09. The average Bonchev–Trinajstić information content (AvgIpc) is 2.64. The SMILES string of the molecule is O=[N+]([O-])c1cnc(N2CCN(CCOc3ccccc3Cl)CC2)nc1. The van der Waals surface area contributed by atoms with Gasteiger partial charge in [0.25, 0.3) is 0 Å². The summed E-state index contributed by atoms with van der Waals surface area (Å²) in [5.74, 6) is 1.22. The molecule has 0 atom stereocenters. The van der Waals surface area contributed by atoms with Gasteiger partial charge >= 0.3 is 5.69 Å². The summed E-state index contributed by atoms with van der Waals surface area (Å²) in [4.78, 5) is 22.6. The lowest BCUT2D eigenvalue weighted by molar-refractivity contribution is -0.385. The first-order valence-corrected chi connectivity index (χ1v) is 8.32. The number of halogens is 1. The molecule has 0 amide bonds. The van der Waals surface area contributed by atoms with Crippen molar-refractivity contribution in [3.63, 3.8) is 0 Å². The van der Waals surface area contributed by atoms with Crippen molar-refractivity contribution in [3.05, 3.63) is 51.8 Å². The summed E-state index contributed by atoms with van der Waals surface area (Å²) >= 11 is 6.06. The third-order valence-electron chi connectivity index (χ3n) is 3.99. The maximum absolute atomic E-state index is 10.6. The highest BCUT2D eigenvalue weighted by molar-refractivity contribution is 6.32. The van der Waals surface area contributed by atoms with Crippen LogP contribution in [-0.4, -0.2) is 59.1 Å². The highest BCUT2D eigenvalue weighted by Crippen LogP contribution is 2.23. The number of para-hydroxylation sites is 1. The van der Waals surface area contributed by atoms with Gasteiger partial charge in [-0.1, -0.05) is 23.7 Å². The number of hydrogen-bond acceptors (Lipinski definition) is 7. The molecule has 0 unspecified atom stereocenters. The van der Waals surface area contributed by atoms with Gasteiger partial charge in [-0.05, 0) is 12.1 Å². The van der Waals surface area contributed by atoms with Crippen molar-refractivity contribution >= 4 is 23.2 Å². The largest absolute Gasteiger partial charge is 0.491 e. The van der Waals surface area contributed by atoms with E-state index in [0.717, 1.165) is 32.7 Å². The van der Waals surface area contributed by atoms with Crippen LogP contribution in [0.25, 0.3) is 0 Å². The fourth-order valence-corrected chi connectivity index (χ4v) is 2.78. The predicted octanol–water partition coefficient (Wildman–Crippen LogP) is 2.24. The minimum atomic E-state index is -0.499. The molecule has 0 bridgehead atoms. The summed E-state index contributed by atoms with van der Waals surface area (Å²) < 4.78 is 5.71. The fourth-order valence-electron chi connectivity index (χ4n) is 2.59. The molecular formula is C16H18ClN5O3. The number of piperazine rings is 1. The van der Waals surface area contributed by atoms with E-state index in [-0.39, 0.29) is 5.69 Å². The Morgan fingerprint density at radius 3 is 2.48 bits per heavy atom. The predicted molar refractivity (Wildman–Crippen MR) is 94.3 cm³/mol. The van der Waals surface area contributed by atoms with E-state index in [1.807, 2.05) is 23.1 Å². The molecule has 132 valence electrons. The topological polar surface area (TPSA) is 84.6 Å². The van der Waals surface area contributed by atoms with Gasteiger partial charge in [-0.15, -0.1) is 0 Å². The molecule has 1 fully saturated rings. The van der Waals surface area contributed by atoms with Crippen LogP contribution in [0.4, 0.5) is 11.6 Å². The highest BCUT2D eigenvalue weighted by Gasteiger charge is 2.19. The molecule has 1 aromatic heterocycles. The number of nitro groups is 1. The van der Waals surface area contributed by atoms with Crippen molar-refractivity contribution in [1.29, 1.82) is 0 Å². The average molecular weight is 364 g/mol. The number of rotatable bonds is 6. The Bertz CT molecular complexity index is 720. The summed E-state index contributed by atoms with van der Waals surface area (Å²) in [5, 5.41) is 11.3. The van der Waals surface area contributed by atoms with Gasteiger partial charge in [-0.3, -0.25) is 15.0 Å². The molecular weight excluding hydrogens is 346 g/mol. The van der Waals surface area contributed by atoms with Crippen LogP contribution in [0, 0.1) is 10.1 Å². The Balaban J connectivity index is 1.44. The highest BCUT2D eigenvalue weighted by atomic mass is 35.5. The third kappa shape index (κ3) is 4.55. The Morgan fingerprint density at radius 1 is 1.16 bits per heavy atom. The van der Waals surface area contributed by atoms with E-state index in [4.69, 9.17) is 16.3 Å². The number of nitrogens with zero attached hydrogens (tertiary/aromatic N) is 5. The fraction of sp³-hybridized carbons (Fsp3) is 0.375. The van der Waals surface area contributed by atoms with Gasteiger partial charge in [-0.2, -0.15) is 0 Å². The zero-order valence-corrected chi connectivity index (χ0v) is 14.3. The normalized spacial score (nSPS) is 15.2. The molecule has 25 heavy (non-hydrogen) atoms. The molecule has 0 radical (unpaired) electrons. The van der Waals surface area contributed by atoms with Gasteiger partial charge < -0.3 is 9.64 Å². The molecule has 0 aliphatic carbocycles. The molecule has 0 saturated carbocycles. The van der Waals surface area contributed by atoms with Crippen LogP contribution in [0.15, 0.2) is 36.7 Å². The van der Waals surface area contributed by atoms with Crippen molar-refractivity contribution in [2.24, 2.45) is 0 Å². The van der Waals surface area contributed by atoms with Crippen LogP contribution >= 0.6 is 11.6 Å². The number of benzene rings is 1. The molecule has 1 aliphatic rings. The third-order valence-corrected chi connectivity index (χ3v) is 4.30. The second-order valence-electron chi connectivity index (χ2n) is 5.61. The summed E-state index contributed by atoms with van der Waals surface area (Å²) in [6.45, 7) is 4.62. The molecule has 1 aliphatic heterocycles. The standard InChI is InChI=1S/C16H18ClN5O3/c17-14-3-1-2-4-15(14)25-10-9-20-5-7-21(8-6-20)16-18-11-13(12-19-16)22(23)24/h1-4,11-12H,5-10H2. The lowest BCUT2D eigenvalue weighted by Gasteiger charge is -2.34. The summed E-state index contributed by atoms with van der Waals surface area (Å²) in [7, 11) is 0. The van der Waals surface area contributed by atoms with E-state index in [1.165, 1.54) is 12.4 Å². The molecule has 1 saturated heterocycles. The van der Waals surface area contributed by atoms with E-state index in [9.17, 15) is 10.1 Å². The van der Waals surface area contributed by atoms with Crippen LogP contribution in [0.2, 0.25) is 5.02 Å². The first-order valence-electron chi connectivity index (χ1n) is 7.94. The zero-order chi connectivity index (χ0) is 17.6. The number of aromatic nitrogens is 2. The molecule has 3 rings (SSSR count). The van der Waals surface area contributed by atoms with E-state index in [2.05, 4.69) is 14.9 Å². The van der Waals surface area contributed by atoms with Crippen molar-refractivity contribution in [3.8, 4) is 5.75 Å². The summed E-state index contributed by atoms with van der Waals surface area (Å²) in [6.07, 6.45) is 2.48. The number of anilines is 1. The first-order chi connectivity index (χ1) is 12.1. The van der Waals surface area contributed by atoms with Crippen LogP contribution in [0.1, 0.15) is 0 Å². The monoisotopic (exact) mass is 363 g/mol. The molecule has 8 nitrogen and oxygen atoms in total. The van der Waals surface area contributed by atoms with Crippen LogP contribution in [0.5, 0.6) is 5.75 Å². The first kappa shape index (κ1) is 17.4. The summed E-state index contributed by atoms with van der Waals surface area (Å²) in [6, 6.07) is 7.42. The van der Waals surface area contributed by atoms with E-state index in [1.54, 1.807) is 6.07 Å². The van der Waals surface area contributed by atoms with Gasteiger partial charge in [0.15, 0.2) is 0 Å². The molecule has 0 N–H and O–H groups in total. The smallest absolute Gasteiger partial charge is 0.305 e. The zero-order valence-electron chi connectivity index (χ0n) is 13.5. The number of hydrogen-bond donors (Lipinski definition) is 0. The maximum Gasteiger partial charge on any atom is 0.305 e. The lowest BCUT2D eigenvalue weighted by atomic mass is 10.3. The molecule has 0 spiro atoms. The quantitative estimate of drug-likeness (QED) is 0.574. The van der Waals surface area contributed by atoms with Crippen molar-refractivity contribution in [2.75, 3.05) is 44.2 Å². The van der Waals surface area contributed by atoms with E-state index in [0.29, 0.717) is 23.3 Å². The van der Waals surface area contributed by atoms with Crippen LogP contribution in [0.3, 0.4) is 0 Å². The Morgan fingerprint density at radius 2 is 1.84 bits per heavy atom. The van der Waals surface area contributed by atoms with Gasteiger partial charge in [0.05, 0.1) is 9.95 Å². The van der Waals surface area contributed by atoms with Crippen molar-refractivity contribution in [1.82, 2.24) is 14.9 Å². The van der Waals surface area contributed by atoms with Gasteiger partial charge in [0, 0.05) is 32.7 Å². The van der Waals surface area contributed by atoms with E-state index < -0.39 is 4.92 Å². The minimum Gasteiger partial charge on any atom is -0.491 e. The van der Waals surface area contributed by atoms with Crippen LogP contribution in [-0.2, 0) is 0 Å².